The van der Waals surface area contributed by atoms with Gasteiger partial charge in [-0.2, -0.15) is 0 Å². The number of benzene rings is 2. The number of para-hydroxylation sites is 2. The number of carbonyl (C=O) groups excluding carboxylic acids is 2. The molecule has 1 N–H and O–H groups in total. The largest absolute Gasteiger partial charge is 0.496 e. The van der Waals surface area contributed by atoms with E-state index in [0.717, 1.165) is 0 Å². The molecule has 0 aliphatic heterocycles. The fourth-order valence-electron chi connectivity index (χ4n) is 1.89. The minimum Gasteiger partial charge on any atom is -0.496 e. The van der Waals surface area contributed by atoms with Gasteiger partial charge in [0.15, 0.2) is 6.10 Å². The zero-order valence-electron chi connectivity index (χ0n) is 12.7. The maximum atomic E-state index is 13.5. The number of halogens is 1. The third-order valence-electron chi connectivity index (χ3n) is 3.11. The van der Waals surface area contributed by atoms with Gasteiger partial charge in [-0.15, -0.1) is 0 Å². The highest BCUT2D eigenvalue weighted by Gasteiger charge is 2.21. The Morgan fingerprint density at radius 3 is 2.43 bits per heavy atom. The molecule has 120 valence electrons. The van der Waals surface area contributed by atoms with Crippen LogP contribution in [0.3, 0.4) is 0 Å². The number of ether oxygens (including phenoxy) is 2. The first-order valence-corrected chi connectivity index (χ1v) is 6.92. The van der Waals surface area contributed by atoms with Crippen LogP contribution < -0.4 is 10.1 Å². The van der Waals surface area contributed by atoms with Gasteiger partial charge in [-0.25, -0.2) is 9.18 Å². The number of hydrogen-bond donors (Lipinski definition) is 1. The van der Waals surface area contributed by atoms with Gasteiger partial charge in [0.25, 0.3) is 5.91 Å². The first kappa shape index (κ1) is 16.5. The molecule has 6 heteroatoms. The molecule has 0 radical (unpaired) electrons. The molecule has 23 heavy (non-hydrogen) atoms. The monoisotopic (exact) mass is 317 g/mol. The second kappa shape index (κ2) is 7.40. The van der Waals surface area contributed by atoms with E-state index < -0.39 is 23.8 Å². The van der Waals surface area contributed by atoms with E-state index in [9.17, 15) is 14.0 Å². The molecule has 0 aromatic heterocycles. The Kier molecular flexibility index (Phi) is 5.30. The van der Waals surface area contributed by atoms with Crippen molar-refractivity contribution in [3.63, 3.8) is 0 Å². The van der Waals surface area contributed by atoms with Crippen LogP contribution in [0.2, 0.25) is 0 Å². The lowest BCUT2D eigenvalue weighted by Gasteiger charge is -2.15. The molecule has 0 aliphatic rings. The van der Waals surface area contributed by atoms with Crippen LogP contribution in [0.1, 0.15) is 17.3 Å². The summed E-state index contributed by atoms with van der Waals surface area (Å²) in [6.45, 7) is 1.41. The number of methoxy groups -OCH3 is 1. The van der Waals surface area contributed by atoms with Crippen LogP contribution in [0.15, 0.2) is 48.5 Å². The average molecular weight is 317 g/mol. The lowest BCUT2D eigenvalue weighted by molar-refractivity contribution is -0.123. The van der Waals surface area contributed by atoms with E-state index in [1.807, 2.05) is 0 Å². The summed E-state index contributed by atoms with van der Waals surface area (Å²) in [6, 6.07) is 12.2. The molecule has 0 saturated carbocycles. The quantitative estimate of drug-likeness (QED) is 0.861. The number of anilines is 1. The summed E-state index contributed by atoms with van der Waals surface area (Å²) in [5.74, 6) is -1.54. The number of rotatable bonds is 5. The third-order valence-corrected chi connectivity index (χ3v) is 3.11. The van der Waals surface area contributed by atoms with Crippen molar-refractivity contribution in [3.8, 4) is 5.75 Å². The summed E-state index contributed by atoms with van der Waals surface area (Å²) in [6.07, 6.45) is -1.09. The van der Waals surface area contributed by atoms with Crippen molar-refractivity contribution in [1.29, 1.82) is 0 Å². The third kappa shape index (κ3) is 4.06. The fourth-order valence-corrected chi connectivity index (χ4v) is 1.89. The van der Waals surface area contributed by atoms with Gasteiger partial charge < -0.3 is 14.8 Å². The predicted octanol–water partition coefficient (Wildman–Crippen LogP) is 3.02. The zero-order valence-corrected chi connectivity index (χ0v) is 12.7. The molecule has 2 rings (SSSR count). The Morgan fingerprint density at radius 2 is 1.74 bits per heavy atom. The molecule has 5 nitrogen and oxygen atoms in total. The van der Waals surface area contributed by atoms with Crippen LogP contribution in [0.25, 0.3) is 0 Å². The molecule has 1 amide bonds. The molecule has 2 aromatic carbocycles. The summed E-state index contributed by atoms with van der Waals surface area (Å²) in [4.78, 5) is 24.1. The Bertz CT molecular complexity index is 717. The van der Waals surface area contributed by atoms with Crippen LogP contribution in [-0.2, 0) is 9.53 Å². The number of hydrogen-bond acceptors (Lipinski definition) is 4. The van der Waals surface area contributed by atoms with E-state index >= 15 is 0 Å². The van der Waals surface area contributed by atoms with E-state index in [-0.39, 0.29) is 11.3 Å². The first-order chi connectivity index (χ1) is 11.0. The molecule has 0 aliphatic carbocycles. The van der Waals surface area contributed by atoms with Crippen molar-refractivity contribution in [2.45, 2.75) is 13.0 Å². The van der Waals surface area contributed by atoms with Crippen LogP contribution in [0, 0.1) is 5.82 Å². The van der Waals surface area contributed by atoms with Crippen LogP contribution in [-0.4, -0.2) is 25.1 Å². The van der Waals surface area contributed by atoms with Crippen molar-refractivity contribution in [2.24, 2.45) is 0 Å². The van der Waals surface area contributed by atoms with Gasteiger partial charge >= 0.3 is 5.97 Å². The van der Waals surface area contributed by atoms with Crippen LogP contribution in [0.4, 0.5) is 10.1 Å². The molecule has 0 bridgehead atoms. The highest BCUT2D eigenvalue weighted by Crippen LogP contribution is 2.19. The maximum Gasteiger partial charge on any atom is 0.342 e. The SMILES string of the molecule is COc1ccccc1C(=O)O[C@H](C)C(=O)Nc1ccccc1F. The molecule has 2 aromatic rings. The van der Waals surface area contributed by atoms with Crippen LogP contribution >= 0.6 is 0 Å². The molecule has 0 spiro atoms. The molecule has 1 atom stereocenters. The molecule has 0 saturated heterocycles. The van der Waals surface area contributed by atoms with Crippen molar-refractivity contribution in [2.75, 3.05) is 12.4 Å². The van der Waals surface area contributed by atoms with Crippen molar-refractivity contribution < 1.29 is 23.5 Å². The molecular formula is C17H16FNO4. The highest BCUT2D eigenvalue weighted by molar-refractivity contribution is 5.98. The minimum atomic E-state index is -1.09. The van der Waals surface area contributed by atoms with Crippen molar-refractivity contribution in [1.82, 2.24) is 0 Å². The minimum absolute atomic E-state index is 0.0256. The lowest BCUT2D eigenvalue weighted by Crippen LogP contribution is -2.30. The van der Waals surface area contributed by atoms with E-state index in [1.165, 1.54) is 38.3 Å². The van der Waals surface area contributed by atoms with Gasteiger partial charge in [0.2, 0.25) is 0 Å². The number of amides is 1. The molecule has 0 heterocycles. The standard InChI is InChI=1S/C17H16FNO4/c1-11(16(20)19-14-9-5-4-8-13(14)18)23-17(21)12-7-3-6-10-15(12)22-2/h3-11H,1-2H3,(H,19,20)/t11-/m1/s1. The summed E-state index contributed by atoms with van der Waals surface area (Å²) in [5.41, 5.74) is 0.234. The number of carbonyl (C=O) groups is 2. The topological polar surface area (TPSA) is 64.6 Å². The summed E-state index contributed by atoms with van der Waals surface area (Å²) < 4.78 is 23.7. The zero-order chi connectivity index (χ0) is 16.8. The molecule has 0 unspecified atom stereocenters. The van der Waals surface area contributed by atoms with Crippen LogP contribution in [0.5, 0.6) is 5.75 Å². The van der Waals surface area contributed by atoms with Gasteiger partial charge in [0, 0.05) is 0 Å². The summed E-state index contributed by atoms with van der Waals surface area (Å²) >= 11 is 0. The summed E-state index contributed by atoms with van der Waals surface area (Å²) in [5, 5.41) is 2.37. The maximum absolute atomic E-state index is 13.5. The Hall–Kier alpha value is -2.89. The van der Waals surface area contributed by atoms with E-state index in [1.54, 1.807) is 24.3 Å². The average Bonchev–Trinajstić information content (AvgIpc) is 2.56. The van der Waals surface area contributed by atoms with E-state index in [4.69, 9.17) is 9.47 Å². The second-order valence-electron chi connectivity index (χ2n) is 4.72. The smallest absolute Gasteiger partial charge is 0.342 e. The summed E-state index contributed by atoms with van der Waals surface area (Å²) in [7, 11) is 1.43. The second-order valence-corrected chi connectivity index (χ2v) is 4.72. The predicted molar refractivity (Wildman–Crippen MR) is 82.9 cm³/mol. The Morgan fingerprint density at radius 1 is 1.09 bits per heavy atom. The Labute approximate surface area is 133 Å². The van der Waals surface area contributed by atoms with Crippen molar-refractivity contribution >= 4 is 17.6 Å². The van der Waals surface area contributed by atoms with Gasteiger partial charge in [0.1, 0.15) is 17.1 Å². The van der Waals surface area contributed by atoms with E-state index in [0.29, 0.717) is 5.75 Å². The van der Waals surface area contributed by atoms with Gasteiger partial charge in [-0.1, -0.05) is 24.3 Å². The molecule has 0 fully saturated rings. The van der Waals surface area contributed by atoms with E-state index in [2.05, 4.69) is 5.32 Å². The van der Waals surface area contributed by atoms with Gasteiger partial charge in [-0.3, -0.25) is 4.79 Å². The lowest BCUT2D eigenvalue weighted by atomic mass is 10.2. The number of nitrogens with one attached hydrogen (secondary N) is 1. The van der Waals surface area contributed by atoms with Gasteiger partial charge in [0.05, 0.1) is 12.8 Å². The first-order valence-electron chi connectivity index (χ1n) is 6.92. The molecular weight excluding hydrogens is 301 g/mol. The fraction of sp³-hybridized carbons (Fsp3) is 0.176. The van der Waals surface area contributed by atoms with Gasteiger partial charge in [-0.05, 0) is 31.2 Å². The van der Waals surface area contributed by atoms with Crippen molar-refractivity contribution in [3.05, 3.63) is 59.9 Å². The normalized spacial score (nSPS) is 11.4. The Balaban J connectivity index is 2.03. The highest BCUT2D eigenvalue weighted by atomic mass is 19.1. The number of esters is 1.